The van der Waals surface area contributed by atoms with E-state index in [0.29, 0.717) is 17.5 Å². The molecule has 0 fully saturated rings. The van der Waals surface area contributed by atoms with Crippen LogP contribution in [0.15, 0.2) is 39.4 Å². The van der Waals surface area contributed by atoms with Crippen LogP contribution in [0.25, 0.3) is 11.4 Å². The molecule has 0 N–H and O–H groups in total. The molecule has 0 bridgehead atoms. The fourth-order valence-corrected chi connectivity index (χ4v) is 2.35. The first-order valence-electron chi connectivity index (χ1n) is 8.05. The van der Waals surface area contributed by atoms with E-state index in [0.717, 1.165) is 11.1 Å². The normalized spacial score (nSPS) is 11.1. The average Bonchev–Trinajstić information content (AvgIpc) is 3.23. The van der Waals surface area contributed by atoms with E-state index >= 15 is 0 Å². The summed E-state index contributed by atoms with van der Waals surface area (Å²) in [6.07, 6.45) is 0. The molecule has 0 aliphatic rings. The van der Waals surface area contributed by atoms with E-state index in [-0.39, 0.29) is 24.1 Å². The Labute approximate surface area is 145 Å². The Morgan fingerprint density at radius 3 is 2.68 bits per heavy atom. The lowest BCUT2D eigenvalue weighted by atomic mass is 10.1. The van der Waals surface area contributed by atoms with Crippen LogP contribution in [0.4, 0.5) is 0 Å². The summed E-state index contributed by atoms with van der Waals surface area (Å²) >= 11 is 0. The molecule has 25 heavy (non-hydrogen) atoms. The van der Waals surface area contributed by atoms with Crippen LogP contribution in [-0.4, -0.2) is 33.2 Å². The molecule has 3 rings (SSSR count). The molecule has 1 aromatic carbocycles. The third-order valence-corrected chi connectivity index (χ3v) is 3.78. The van der Waals surface area contributed by atoms with Gasteiger partial charge in [-0.25, -0.2) is 0 Å². The Morgan fingerprint density at radius 1 is 1.20 bits per heavy atom. The lowest BCUT2D eigenvalue weighted by Crippen LogP contribution is -2.26. The summed E-state index contributed by atoms with van der Waals surface area (Å²) in [6.45, 7) is 6.15. The maximum atomic E-state index is 12.4. The van der Waals surface area contributed by atoms with Crippen molar-refractivity contribution in [3.05, 3.63) is 53.2 Å². The highest BCUT2D eigenvalue weighted by Crippen LogP contribution is 2.19. The summed E-state index contributed by atoms with van der Waals surface area (Å²) in [5.41, 5.74) is 2.26. The molecule has 7 heteroatoms. The van der Waals surface area contributed by atoms with Crippen molar-refractivity contribution >= 4 is 5.91 Å². The zero-order valence-electron chi connectivity index (χ0n) is 14.7. The summed E-state index contributed by atoms with van der Waals surface area (Å²) in [5.74, 6) is 1.46. The second kappa shape index (κ2) is 6.88. The molecular weight excluding hydrogens is 320 g/mol. The topological polar surface area (TPSA) is 85.3 Å². The highest BCUT2D eigenvalue weighted by atomic mass is 16.5. The first-order chi connectivity index (χ1) is 11.9. The van der Waals surface area contributed by atoms with E-state index in [1.807, 2.05) is 45.0 Å². The number of aromatic nitrogens is 3. The van der Waals surface area contributed by atoms with Crippen molar-refractivity contribution in [2.24, 2.45) is 0 Å². The van der Waals surface area contributed by atoms with Crippen molar-refractivity contribution in [3.8, 4) is 11.4 Å². The largest absolute Gasteiger partial charge is 0.360 e. The second-order valence-corrected chi connectivity index (χ2v) is 6.31. The van der Waals surface area contributed by atoms with Crippen molar-refractivity contribution < 1.29 is 13.8 Å². The van der Waals surface area contributed by atoms with Gasteiger partial charge in [0.1, 0.15) is 12.3 Å². The Morgan fingerprint density at radius 2 is 2.00 bits per heavy atom. The first kappa shape index (κ1) is 16.9. The minimum Gasteiger partial charge on any atom is -0.360 e. The smallest absolute Gasteiger partial charge is 0.276 e. The molecule has 130 valence electrons. The fourth-order valence-electron chi connectivity index (χ4n) is 2.35. The number of nitrogens with zero attached hydrogens (tertiary/aromatic N) is 4. The van der Waals surface area contributed by atoms with Gasteiger partial charge in [-0.2, -0.15) is 4.98 Å². The zero-order valence-corrected chi connectivity index (χ0v) is 14.7. The third kappa shape index (κ3) is 3.76. The molecule has 7 nitrogen and oxygen atoms in total. The lowest BCUT2D eigenvalue weighted by Gasteiger charge is -2.12. The molecule has 3 aromatic rings. The Bertz CT molecular complexity index is 882. The van der Waals surface area contributed by atoms with Gasteiger partial charge < -0.3 is 13.9 Å². The highest BCUT2D eigenvalue weighted by molar-refractivity contribution is 5.92. The lowest BCUT2D eigenvalue weighted by molar-refractivity contribution is 0.0759. The van der Waals surface area contributed by atoms with E-state index in [1.165, 1.54) is 4.90 Å². The van der Waals surface area contributed by atoms with Crippen LogP contribution in [0.1, 0.15) is 47.5 Å². The van der Waals surface area contributed by atoms with Crippen LogP contribution >= 0.6 is 0 Å². The monoisotopic (exact) mass is 340 g/mol. The van der Waals surface area contributed by atoms with Crippen molar-refractivity contribution in [2.75, 3.05) is 7.05 Å². The average molecular weight is 340 g/mol. The predicted molar refractivity (Wildman–Crippen MR) is 90.9 cm³/mol. The molecule has 0 spiro atoms. The molecule has 0 saturated carbocycles. The van der Waals surface area contributed by atoms with Crippen LogP contribution in [0, 0.1) is 6.92 Å². The number of carbonyl (C=O) groups excluding carboxylic acids is 1. The van der Waals surface area contributed by atoms with Crippen LogP contribution in [0.2, 0.25) is 0 Å². The summed E-state index contributed by atoms with van der Waals surface area (Å²) in [5, 5.41) is 7.81. The molecule has 0 aliphatic carbocycles. The number of hydrogen-bond acceptors (Lipinski definition) is 6. The Kier molecular flexibility index (Phi) is 4.65. The minimum atomic E-state index is -0.258. The summed E-state index contributed by atoms with van der Waals surface area (Å²) < 4.78 is 10.4. The predicted octanol–water partition coefficient (Wildman–Crippen LogP) is 3.43. The molecule has 1 amide bonds. The highest BCUT2D eigenvalue weighted by Gasteiger charge is 2.20. The standard InChI is InChI=1S/C18H20N4O3/c1-11(2)15-9-14(20-24-15)18(23)22(4)10-16-19-17(21-25-16)13-7-5-6-12(3)8-13/h5-9,11H,10H2,1-4H3. The SMILES string of the molecule is Cc1cccc(-c2noc(CN(C)C(=O)c3cc(C(C)C)on3)n2)c1. The van der Waals surface area contributed by atoms with Gasteiger partial charge in [-0.15, -0.1) is 0 Å². The quantitative estimate of drug-likeness (QED) is 0.707. The van der Waals surface area contributed by atoms with Crippen LogP contribution in [0.5, 0.6) is 0 Å². The molecule has 2 aromatic heterocycles. The molecule has 0 radical (unpaired) electrons. The van der Waals surface area contributed by atoms with Crippen molar-refractivity contribution in [1.82, 2.24) is 20.2 Å². The zero-order chi connectivity index (χ0) is 18.0. The maximum Gasteiger partial charge on any atom is 0.276 e. The Hall–Kier alpha value is -2.96. The van der Waals surface area contributed by atoms with E-state index < -0.39 is 0 Å². The minimum absolute atomic E-state index is 0.173. The fraction of sp³-hybridized carbons (Fsp3) is 0.333. The van der Waals surface area contributed by atoms with Gasteiger partial charge in [0, 0.05) is 24.6 Å². The van der Waals surface area contributed by atoms with Crippen LogP contribution < -0.4 is 0 Å². The van der Waals surface area contributed by atoms with E-state index in [2.05, 4.69) is 15.3 Å². The maximum absolute atomic E-state index is 12.4. The molecule has 0 aliphatic heterocycles. The molecule has 0 atom stereocenters. The van der Waals surface area contributed by atoms with E-state index in [9.17, 15) is 4.79 Å². The van der Waals surface area contributed by atoms with Gasteiger partial charge in [0.25, 0.3) is 5.91 Å². The van der Waals surface area contributed by atoms with Gasteiger partial charge in [-0.3, -0.25) is 4.79 Å². The molecular formula is C18H20N4O3. The van der Waals surface area contributed by atoms with Crippen molar-refractivity contribution in [1.29, 1.82) is 0 Å². The molecule has 2 heterocycles. The Balaban J connectivity index is 1.70. The van der Waals surface area contributed by atoms with Crippen molar-refractivity contribution in [3.63, 3.8) is 0 Å². The first-order valence-corrected chi connectivity index (χ1v) is 8.05. The van der Waals surface area contributed by atoms with E-state index in [4.69, 9.17) is 9.05 Å². The summed E-state index contributed by atoms with van der Waals surface area (Å²) in [4.78, 5) is 18.2. The van der Waals surface area contributed by atoms with E-state index in [1.54, 1.807) is 13.1 Å². The number of carbonyl (C=O) groups is 1. The van der Waals surface area contributed by atoms with Gasteiger partial charge >= 0.3 is 0 Å². The third-order valence-electron chi connectivity index (χ3n) is 3.78. The number of amides is 1. The number of hydrogen-bond donors (Lipinski definition) is 0. The second-order valence-electron chi connectivity index (χ2n) is 6.31. The number of benzene rings is 1. The number of aryl methyl sites for hydroxylation is 1. The molecule has 0 unspecified atom stereocenters. The summed E-state index contributed by atoms with van der Waals surface area (Å²) in [7, 11) is 1.66. The number of rotatable bonds is 5. The molecule has 0 saturated heterocycles. The van der Waals surface area contributed by atoms with Gasteiger partial charge in [-0.05, 0) is 13.0 Å². The van der Waals surface area contributed by atoms with Gasteiger partial charge in [0.15, 0.2) is 5.69 Å². The van der Waals surface area contributed by atoms with Gasteiger partial charge in [0.05, 0.1) is 0 Å². The van der Waals surface area contributed by atoms with Crippen LogP contribution in [-0.2, 0) is 6.54 Å². The van der Waals surface area contributed by atoms with Crippen LogP contribution in [0.3, 0.4) is 0 Å². The van der Waals surface area contributed by atoms with Crippen molar-refractivity contribution in [2.45, 2.75) is 33.2 Å². The summed E-state index contributed by atoms with van der Waals surface area (Å²) in [6, 6.07) is 9.49. The van der Waals surface area contributed by atoms with Gasteiger partial charge in [0.2, 0.25) is 11.7 Å². The van der Waals surface area contributed by atoms with Gasteiger partial charge in [-0.1, -0.05) is 47.9 Å².